The number of carbonyl (C=O) groups excluding carboxylic acids is 1. The molecule has 0 aromatic rings. The molecule has 0 bridgehead atoms. The van der Waals surface area contributed by atoms with Crippen LogP contribution in [-0.4, -0.2) is 23.0 Å². The monoisotopic (exact) mass is 146 g/mol. The van der Waals surface area contributed by atoms with Crippen LogP contribution in [0.3, 0.4) is 0 Å². The highest BCUT2D eigenvalue weighted by molar-refractivity contribution is 5.85. The topological polar surface area (TPSA) is 106 Å². The Kier molecular flexibility index (Phi) is 3.60. The highest BCUT2D eigenvalue weighted by atomic mass is 16.4. The van der Waals surface area contributed by atoms with Crippen LogP contribution in [-0.2, 0) is 9.59 Å². The number of rotatable bonds is 4. The summed E-state index contributed by atoms with van der Waals surface area (Å²) in [6.45, 7) is 0. The Morgan fingerprint density at radius 2 is 1.80 bits per heavy atom. The zero-order chi connectivity index (χ0) is 8.15. The summed E-state index contributed by atoms with van der Waals surface area (Å²) in [6, 6.07) is 0. The second-order valence-corrected chi connectivity index (χ2v) is 1.89. The van der Waals surface area contributed by atoms with Crippen molar-refractivity contribution in [2.45, 2.75) is 19.0 Å². The van der Waals surface area contributed by atoms with E-state index in [1.807, 2.05) is 0 Å². The molecule has 0 saturated carbocycles. The van der Waals surface area contributed by atoms with E-state index in [1.165, 1.54) is 0 Å². The van der Waals surface area contributed by atoms with Crippen molar-refractivity contribution < 1.29 is 14.7 Å². The molecular formula is C5H10N2O3. The molecule has 5 N–H and O–H groups in total. The third-order valence-electron chi connectivity index (χ3n) is 0.957. The van der Waals surface area contributed by atoms with Crippen molar-refractivity contribution in [1.29, 1.82) is 0 Å². The maximum atomic E-state index is 10.5. The second-order valence-electron chi connectivity index (χ2n) is 1.89. The molecule has 0 aromatic carbocycles. The summed E-state index contributed by atoms with van der Waals surface area (Å²) in [5, 5.41) is 8.11. The number of hydrogen-bond donors (Lipinski definition) is 3. The first-order valence-corrected chi connectivity index (χ1v) is 2.79. The lowest BCUT2D eigenvalue weighted by atomic mass is 10.2. The van der Waals surface area contributed by atoms with Gasteiger partial charge < -0.3 is 16.6 Å². The van der Waals surface area contributed by atoms with E-state index < -0.39 is 17.9 Å². The zero-order valence-corrected chi connectivity index (χ0v) is 5.41. The van der Waals surface area contributed by atoms with Gasteiger partial charge >= 0.3 is 5.97 Å². The number of Topliss-reactive ketones (excluding diaryl/α,β-unsaturated/α-hetero) is 1. The van der Waals surface area contributed by atoms with Crippen molar-refractivity contribution in [3.8, 4) is 0 Å². The SMILES string of the molecule is NC(N)C(=O)CCC(=O)O. The van der Waals surface area contributed by atoms with Gasteiger partial charge in [-0.25, -0.2) is 0 Å². The molecule has 58 valence electrons. The van der Waals surface area contributed by atoms with Gasteiger partial charge in [0, 0.05) is 6.42 Å². The first-order valence-electron chi connectivity index (χ1n) is 2.79. The lowest BCUT2D eigenvalue weighted by molar-refractivity contribution is -0.138. The third kappa shape index (κ3) is 3.99. The smallest absolute Gasteiger partial charge is 0.303 e. The van der Waals surface area contributed by atoms with Gasteiger partial charge in [-0.1, -0.05) is 0 Å². The molecule has 5 nitrogen and oxygen atoms in total. The summed E-state index contributed by atoms with van der Waals surface area (Å²) in [6.07, 6.45) is -1.34. The largest absolute Gasteiger partial charge is 0.481 e. The van der Waals surface area contributed by atoms with Gasteiger partial charge in [0.2, 0.25) is 0 Å². The first-order chi connectivity index (χ1) is 4.54. The molecule has 0 aliphatic heterocycles. The van der Waals surface area contributed by atoms with Gasteiger partial charge in [-0.05, 0) is 0 Å². The number of carboxylic acids is 1. The molecule has 0 radical (unpaired) electrons. The van der Waals surface area contributed by atoms with E-state index in [-0.39, 0.29) is 12.8 Å². The van der Waals surface area contributed by atoms with Crippen molar-refractivity contribution in [3.05, 3.63) is 0 Å². The van der Waals surface area contributed by atoms with E-state index >= 15 is 0 Å². The number of aliphatic carboxylic acids is 1. The minimum Gasteiger partial charge on any atom is -0.481 e. The summed E-state index contributed by atoms with van der Waals surface area (Å²) in [5.74, 6) is -1.45. The Morgan fingerprint density at radius 3 is 2.10 bits per heavy atom. The van der Waals surface area contributed by atoms with Crippen molar-refractivity contribution in [2.24, 2.45) is 11.5 Å². The van der Waals surface area contributed by atoms with Crippen LogP contribution >= 0.6 is 0 Å². The number of nitrogens with two attached hydrogens (primary N) is 2. The average molecular weight is 146 g/mol. The van der Waals surface area contributed by atoms with E-state index in [1.54, 1.807) is 0 Å². The van der Waals surface area contributed by atoms with Gasteiger partial charge in [0.1, 0.15) is 6.17 Å². The lowest BCUT2D eigenvalue weighted by Crippen LogP contribution is -2.39. The highest BCUT2D eigenvalue weighted by Gasteiger charge is 2.09. The molecule has 0 aromatic heterocycles. The minimum absolute atomic E-state index is 0.0903. The van der Waals surface area contributed by atoms with Crippen LogP contribution in [0.4, 0.5) is 0 Å². The summed E-state index contributed by atoms with van der Waals surface area (Å²) < 4.78 is 0. The van der Waals surface area contributed by atoms with E-state index in [2.05, 4.69) is 0 Å². The van der Waals surface area contributed by atoms with Gasteiger partial charge in [0.15, 0.2) is 5.78 Å². The molecule has 0 heterocycles. The van der Waals surface area contributed by atoms with E-state index in [9.17, 15) is 9.59 Å². The molecule has 10 heavy (non-hydrogen) atoms. The summed E-state index contributed by atoms with van der Waals surface area (Å²) in [4.78, 5) is 20.4. The predicted molar refractivity (Wildman–Crippen MR) is 34.0 cm³/mol. The fraction of sp³-hybridized carbons (Fsp3) is 0.600. The van der Waals surface area contributed by atoms with Gasteiger partial charge in [0.05, 0.1) is 6.42 Å². The van der Waals surface area contributed by atoms with Crippen LogP contribution in [0.2, 0.25) is 0 Å². The molecule has 0 saturated heterocycles. The van der Waals surface area contributed by atoms with Crippen LogP contribution in [0.1, 0.15) is 12.8 Å². The van der Waals surface area contributed by atoms with Crippen molar-refractivity contribution in [2.75, 3.05) is 0 Å². The van der Waals surface area contributed by atoms with Gasteiger partial charge in [0.25, 0.3) is 0 Å². The van der Waals surface area contributed by atoms with Gasteiger partial charge in [-0.3, -0.25) is 9.59 Å². The Balaban J connectivity index is 3.50. The first kappa shape index (κ1) is 9.06. The van der Waals surface area contributed by atoms with Gasteiger partial charge in [-0.15, -0.1) is 0 Å². The molecule has 0 aliphatic rings. The molecular weight excluding hydrogens is 136 g/mol. The van der Waals surface area contributed by atoms with Crippen LogP contribution in [0.15, 0.2) is 0 Å². The normalized spacial score (nSPS) is 9.90. The number of ketones is 1. The van der Waals surface area contributed by atoms with Crippen molar-refractivity contribution in [1.82, 2.24) is 0 Å². The maximum absolute atomic E-state index is 10.5. The quantitative estimate of drug-likeness (QED) is 0.426. The predicted octanol–water partition coefficient (Wildman–Crippen LogP) is -1.34. The van der Waals surface area contributed by atoms with E-state index in [4.69, 9.17) is 16.6 Å². The van der Waals surface area contributed by atoms with Gasteiger partial charge in [-0.2, -0.15) is 0 Å². The number of carbonyl (C=O) groups is 2. The second kappa shape index (κ2) is 3.97. The molecule has 0 atom stereocenters. The third-order valence-corrected chi connectivity index (χ3v) is 0.957. The zero-order valence-electron chi connectivity index (χ0n) is 5.41. The molecule has 0 aliphatic carbocycles. The van der Waals surface area contributed by atoms with Crippen LogP contribution in [0, 0.1) is 0 Å². The van der Waals surface area contributed by atoms with Crippen LogP contribution < -0.4 is 11.5 Å². The molecule has 0 spiro atoms. The lowest BCUT2D eigenvalue weighted by Gasteiger charge is -2.00. The Hall–Kier alpha value is -0.940. The standard InChI is InChI=1S/C5H10N2O3/c6-5(7)3(8)1-2-4(9)10/h5H,1-2,6-7H2,(H,9,10). The summed E-state index contributed by atoms with van der Waals surface area (Å²) in [5.41, 5.74) is 9.91. The molecule has 0 amide bonds. The average Bonchev–Trinajstić information content (AvgIpc) is 1.82. The summed E-state index contributed by atoms with van der Waals surface area (Å²) >= 11 is 0. The summed E-state index contributed by atoms with van der Waals surface area (Å²) in [7, 11) is 0. The van der Waals surface area contributed by atoms with Crippen LogP contribution in [0.5, 0.6) is 0 Å². The molecule has 0 rings (SSSR count). The van der Waals surface area contributed by atoms with Crippen molar-refractivity contribution >= 4 is 11.8 Å². The highest BCUT2D eigenvalue weighted by Crippen LogP contribution is 1.90. The Bertz CT molecular complexity index is 144. The molecule has 5 heteroatoms. The van der Waals surface area contributed by atoms with Crippen molar-refractivity contribution in [3.63, 3.8) is 0 Å². The molecule has 0 unspecified atom stereocenters. The molecule has 0 fully saturated rings. The van der Waals surface area contributed by atoms with E-state index in [0.29, 0.717) is 0 Å². The maximum Gasteiger partial charge on any atom is 0.303 e. The fourth-order valence-corrected chi connectivity index (χ4v) is 0.397. The fourth-order valence-electron chi connectivity index (χ4n) is 0.397. The Labute approximate surface area is 58.0 Å². The number of carboxylic acid groups (broad SMARTS) is 1. The van der Waals surface area contributed by atoms with Crippen LogP contribution in [0.25, 0.3) is 0 Å². The number of hydrogen-bond acceptors (Lipinski definition) is 4. The van der Waals surface area contributed by atoms with E-state index in [0.717, 1.165) is 0 Å². The minimum atomic E-state index is -1.04. The Morgan fingerprint density at radius 1 is 1.30 bits per heavy atom.